The van der Waals surface area contributed by atoms with E-state index < -0.39 is 6.10 Å². The molecule has 1 heterocycles. The van der Waals surface area contributed by atoms with Crippen molar-refractivity contribution in [2.45, 2.75) is 58.7 Å². The van der Waals surface area contributed by atoms with Crippen LogP contribution in [0.5, 0.6) is 5.75 Å². The van der Waals surface area contributed by atoms with E-state index >= 15 is 0 Å². The van der Waals surface area contributed by atoms with Crippen LogP contribution in [0.25, 0.3) is 0 Å². The van der Waals surface area contributed by atoms with Crippen LogP contribution in [0.2, 0.25) is 0 Å². The molecular formula is C30H36N2O2. The number of ether oxygens (including phenoxy) is 1. The second-order valence-electron chi connectivity index (χ2n) is 9.19. The molecule has 3 aromatic carbocycles. The Morgan fingerprint density at radius 1 is 1.06 bits per heavy atom. The van der Waals surface area contributed by atoms with Crippen molar-refractivity contribution in [2.75, 3.05) is 13.1 Å². The zero-order chi connectivity index (χ0) is 23.9. The lowest BCUT2D eigenvalue weighted by Crippen LogP contribution is -2.38. The summed E-state index contributed by atoms with van der Waals surface area (Å²) in [7, 11) is 0. The molecule has 2 unspecified atom stereocenters. The van der Waals surface area contributed by atoms with E-state index in [0.717, 1.165) is 31.7 Å². The van der Waals surface area contributed by atoms with E-state index in [2.05, 4.69) is 90.8 Å². The van der Waals surface area contributed by atoms with Crippen LogP contribution in [0.1, 0.15) is 60.5 Å². The van der Waals surface area contributed by atoms with Gasteiger partial charge in [0.1, 0.15) is 5.75 Å². The van der Waals surface area contributed by atoms with Crippen LogP contribution in [0.4, 0.5) is 0 Å². The molecule has 4 nitrogen and oxygen atoms in total. The lowest BCUT2D eigenvalue weighted by Gasteiger charge is -2.38. The van der Waals surface area contributed by atoms with Crippen LogP contribution >= 0.6 is 0 Å². The van der Waals surface area contributed by atoms with Gasteiger partial charge in [0.2, 0.25) is 0 Å². The van der Waals surface area contributed by atoms with Gasteiger partial charge in [-0.2, -0.15) is 0 Å². The highest BCUT2D eigenvalue weighted by Gasteiger charge is 2.29. The third-order valence-electron chi connectivity index (χ3n) is 6.56. The SMILES string of the molecule is CCCNC(=O)C(CC)Oc1ccc2c(c1)C(c1ccccc1)N(Cc1ccc(C)cc1)CC2. The highest BCUT2D eigenvalue weighted by molar-refractivity contribution is 5.81. The Hall–Kier alpha value is -3.11. The fourth-order valence-electron chi connectivity index (χ4n) is 4.69. The van der Waals surface area contributed by atoms with Crippen molar-refractivity contribution in [1.82, 2.24) is 10.2 Å². The van der Waals surface area contributed by atoms with Crippen LogP contribution < -0.4 is 10.1 Å². The highest BCUT2D eigenvalue weighted by atomic mass is 16.5. The number of hydrogen-bond donors (Lipinski definition) is 1. The van der Waals surface area contributed by atoms with Crippen molar-refractivity contribution in [1.29, 1.82) is 0 Å². The predicted molar refractivity (Wildman–Crippen MR) is 138 cm³/mol. The number of aryl methyl sites for hydroxylation is 1. The first-order valence-corrected chi connectivity index (χ1v) is 12.5. The smallest absolute Gasteiger partial charge is 0.261 e. The van der Waals surface area contributed by atoms with E-state index in [1.807, 2.05) is 13.0 Å². The average molecular weight is 457 g/mol. The average Bonchev–Trinajstić information content (AvgIpc) is 2.87. The van der Waals surface area contributed by atoms with Crippen molar-refractivity contribution in [3.05, 3.63) is 101 Å². The van der Waals surface area contributed by atoms with Crippen LogP contribution in [0.3, 0.4) is 0 Å². The van der Waals surface area contributed by atoms with E-state index in [-0.39, 0.29) is 11.9 Å². The Bertz CT molecular complexity index is 1080. The Labute approximate surface area is 204 Å². The zero-order valence-electron chi connectivity index (χ0n) is 20.6. The molecule has 0 radical (unpaired) electrons. The van der Waals surface area contributed by atoms with Crippen molar-refractivity contribution in [3.63, 3.8) is 0 Å². The van der Waals surface area contributed by atoms with Crippen molar-refractivity contribution in [2.24, 2.45) is 0 Å². The number of nitrogens with zero attached hydrogens (tertiary/aromatic N) is 1. The van der Waals surface area contributed by atoms with Gasteiger partial charge >= 0.3 is 0 Å². The summed E-state index contributed by atoms with van der Waals surface area (Å²) in [6.45, 7) is 8.73. The molecule has 2 atom stereocenters. The molecule has 0 spiro atoms. The molecule has 1 aliphatic heterocycles. The van der Waals surface area contributed by atoms with Crippen LogP contribution in [0, 0.1) is 6.92 Å². The fourth-order valence-corrected chi connectivity index (χ4v) is 4.69. The molecule has 0 aliphatic carbocycles. The summed E-state index contributed by atoms with van der Waals surface area (Å²) >= 11 is 0. The quantitative estimate of drug-likeness (QED) is 0.441. The van der Waals surface area contributed by atoms with E-state index in [0.29, 0.717) is 13.0 Å². The van der Waals surface area contributed by atoms with Gasteiger partial charge < -0.3 is 10.1 Å². The van der Waals surface area contributed by atoms with E-state index in [4.69, 9.17) is 4.74 Å². The van der Waals surface area contributed by atoms with Gasteiger partial charge in [-0.05, 0) is 60.6 Å². The summed E-state index contributed by atoms with van der Waals surface area (Å²) in [4.78, 5) is 15.1. The highest BCUT2D eigenvalue weighted by Crippen LogP contribution is 2.38. The minimum atomic E-state index is -0.480. The number of benzene rings is 3. The van der Waals surface area contributed by atoms with Gasteiger partial charge in [-0.25, -0.2) is 0 Å². The summed E-state index contributed by atoms with van der Waals surface area (Å²) < 4.78 is 6.21. The molecule has 34 heavy (non-hydrogen) atoms. The number of carbonyl (C=O) groups excluding carboxylic acids is 1. The minimum absolute atomic E-state index is 0.0392. The standard InChI is InChI=1S/C30H36N2O2/c1-4-18-31-30(33)28(5-2)34-26-16-15-24-17-19-32(21-23-13-11-22(3)12-14-23)29(27(24)20-26)25-9-7-6-8-10-25/h6-16,20,28-29H,4-5,17-19,21H2,1-3H3,(H,31,33). The normalized spacial score (nSPS) is 16.5. The van der Waals surface area contributed by atoms with Crippen molar-refractivity contribution >= 4 is 5.91 Å². The lowest BCUT2D eigenvalue weighted by molar-refractivity contribution is -0.128. The second-order valence-corrected chi connectivity index (χ2v) is 9.19. The predicted octanol–water partition coefficient (Wildman–Crippen LogP) is 5.83. The van der Waals surface area contributed by atoms with Crippen molar-refractivity contribution in [3.8, 4) is 5.75 Å². The maximum Gasteiger partial charge on any atom is 0.261 e. The summed E-state index contributed by atoms with van der Waals surface area (Å²) in [5.74, 6) is 0.720. The van der Waals surface area contributed by atoms with Crippen LogP contribution in [-0.2, 0) is 17.8 Å². The largest absolute Gasteiger partial charge is 0.481 e. The molecule has 0 bridgehead atoms. The molecule has 0 aromatic heterocycles. The topological polar surface area (TPSA) is 41.6 Å². The van der Waals surface area contributed by atoms with Gasteiger partial charge in [-0.3, -0.25) is 9.69 Å². The molecule has 4 rings (SSSR count). The van der Waals surface area contributed by atoms with Gasteiger partial charge in [-0.1, -0.05) is 80.1 Å². The molecule has 1 amide bonds. The molecule has 178 valence electrons. The number of carbonyl (C=O) groups is 1. The number of rotatable bonds is 9. The summed E-state index contributed by atoms with van der Waals surface area (Å²) in [5, 5.41) is 2.97. The minimum Gasteiger partial charge on any atom is -0.481 e. The molecule has 1 N–H and O–H groups in total. The van der Waals surface area contributed by atoms with E-state index in [1.165, 1.54) is 27.8 Å². The van der Waals surface area contributed by atoms with Gasteiger partial charge in [-0.15, -0.1) is 0 Å². The monoisotopic (exact) mass is 456 g/mol. The molecule has 3 aromatic rings. The van der Waals surface area contributed by atoms with Crippen LogP contribution in [-0.4, -0.2) is 30.0 Å². The van der Waals surface area contributed by atoms with Gasteiger partial charge in [0.15, 0.2) is 6.10 Å². The molecular weight excluding hydrogens is 420 g/mol. The second kappa shape index (κ2) is 11.3. The Kier molecular flexibility index (Phi) is 8.02. The van der Waals surface area contributed by atoms with Crippen molar-refractivity contribution < 1.29 is 9.53 Å². The first-order chi connectivity index (χ1) is 16.6. The molecule has 0 fully saturated rings. The molecule has 1 aliphatic rings. The van der Waals surface area contributed by atoms with Gasteiger partial charge in [0.05, 0.1) is 6.04 Å². The number of nitrogens with one attached hydrogen (secondary N) is 1. The maximum absolute atomic E-state index is 12.5. The summed E-state index contributed by atoms with van der Waals surface area (Å²) in [6.07, 6.45) is 2.07. The Balaban J connectivity index is 1.64. The zero-order valence-corrected chi connectivity index (χ0v) is 20.6. The first-order valence-electron chi connectivity index (χ1n) is 12.5. The Morgan fingerprint density at radius 2 is 1.82 bits per heavy atom. The third kappa shape index (κ3) is 5.68. The van der Waals surface area contributed by atoms with E-state index in [1.54, 1.807) is 0 Å². The number of fused-ring (bicyclic) bond motifs is 1. The Morgan fingerprint density at radius 3 is 2.53 bits per heavy atom. The molecule has 0 saturated carbocycles. The van der Waals surface area contributed by atoms with Gasteiger partial charge in [0.25, 0.3) is 5.91 Å². The lowest BCUT2D eigenvalue weighted by atomic mass is 9.87. The first kappa shape index (κ1) is 24.0. The number of amides is 1. The molecule has 4 heteroatoms. The maximum atomic E-state index is 12.5. The third-order valence-corrected chi connectivity index (χ3v) is 6.56. The van der Waals surface area contributed by atoms with Crippen LogP contribution in [0.15, 0.2) is 72.8 Å². The summed E-state index contributed by atoms with van der Waals surface area (Å²) in [6, 6.07) is 26.0. The van der Waals surface area contributed by atoms with E-state index in [9.17, 15) is 4.79 Å². The number of hydrogen-bond acceptors (Lipinski definition) is 3. The molecule has 0 saturated heterocycles. The fraction of sp³-hybridized carbons (Fsp3) is 0.367. The van der Waals surface area contributed by atoms with Gasteiger partial charge in [0, 0.05) is 19.6 Å². The summed E-state index contributed by atoms with van der Waals surface area (Å²) in [5.41, 5.74) is 6.50.